The molecule has 1 N–H and O–H groups in total. The topological polar surface area (TPSA) is 12.0 Å². The van der Waals surface area contributed by atoms with E-state index in [0.717, 1.165) is 5.75 Å². The summed E-state index contributed by atoms with van der Waals surface area (Å²) < 4.78 is 1.39. The molecule has 0 saturated carbocycles. The zero-order valence-electron chi connectivity index (χ0n) is 9.22. The van der Waals surface area contributed by atoms with Crippen LogP contribution in [0.1, 0.15) is 11.6 Å². The second-order valence-electron chi connectivity index (χ2n) is 3.50. The summed E-state index contributed by atoms with van der Waals surface area (Å²) in [6, 6.07) is 15.3. The zero-order valence-corrected chi connectivity index (χ0v) is 10.9. The molecule has 84 valence electrons. The molecule has 0 aliphatic rings. The van der Waals surface area contributed by atoms with Crippen LogP contribution < -0.4 is 5.32 Å². The first kappa shape index (κ1) is 11.7. The highest BCUT2D eigenvalue weighted by Crippen LogP contribution is 2.27. The predicted octanol–water partition coefficient (Wildman–Crippen LogP) is 3.80. The fraction of sp³-hybridized carbons (Fsp3) is 0.231. The van der Waals surface area contributed by atoms with Crippen LogP contribution in [0.15, 0.2) is 52.1 Å². The summed E-state index contributed by atoms with van der Waals surface area (Å²) in [6.45, 7) is 0. The number of hydrogen-bond acceptors (Lipinski definition) is 3. The highest BCUT2D eigenvalue weighted by Gasteiger charge is 2.09. The van der Waals surface area contributed by atoms with E-state index in [0.29, 0.717) is 6.04 Å². The van der Waals surface area contributed by atoms with Gasteiger partial charge < -0.3 is 5.32 Å². The molecule has 2 aromatic rings. The Balaban J connectivity index is 1.96. The van der Waals surface area contributed by atoms with Crippen LogP contribution in [-0.2, 0) is 0 Å². The Morgan fingerprint density at radius 1 is 1.19 bits per heavy atom. The Kier molecular flexibility index (Phi) is 4.45. The van der Waals surface area contributed by atoms with E-state index in [9.17, 15) is 0 Å². The van der Waals surface area contributed by atoms with Gasteiger partial charge in [0.05, 0.1) is 4.21 Å². The summed E-state index contributed by atoms with van der Waals surface area (Å²) in [4.78, 5) is 0. The summed E-state index contributed by atoms with van der Waals surface area (Å²) in [5, 5.41) is 5.49. The van der Waals surface area contributed by atoms with Gasteiger partial charge >= 0.3 is 0 Å². The monoisotopic (exact) mass is 249 g/mol. The van der Waals surface area contributed by atoms with Crippen molar-refractivity contribution in [3.63, 3.8) is 0 Å². The summed E-state index contributed by atoms with van der Waals surface area (Å²) in [5.74, 6) is 1.07. The molecule has 3 heteroatoms. The molecule has 1 atom stereocenters. The van der Waals surface area contributed by atoms with E-state index in [1.54, 1.807) is 11.3 Å². The number of hydrogen-bond donors (Lipinski definition) is 1. The van der Waals surface area contributed by atoms with Gasteiger partial charge in [0, 0.05) is 11.8 Å². The average Bonchev–Trinajstić information content (AvgIpc) is 2.84. The third-order valence-electron chi connectivity index (χ3n) is 2.44. The van der Waals surface area contributed by atoms with E-state index in [1.807, 2.05) is 18.8 Å². The molecule has 0 saturated heterocycles. The lowest BCUT2D eigenvalue weighted by Crippen LogP contribution is -2.18. The van der Waals surface area contributed by atoms with E-state index in [4.69, 9.17) is 0 Å². The Hall–Kier alpha value is -0.770. The summed E-state index contributed by atoms with van der Waals surface area (Å²) in [7, 11) is 2.02. The van der Waals surface area contributed by atoms with Gasteiger partial charge in [-0.05, 0) is 24.1 Å². The van der Waals surface area contributed by atoms with Crippen molar-refractivity contribution < 1.29 is 0 Å². The van der Waals surface area contributed by atoms with Gasteiger partial charge in [0.15, 0.2) is 0 Å². The fourth-order valence-corrected chi connectivity index (χ4v) is 3.50. The Labute approximate surface area is 105 Å². The molecule has 1 unspecified atom stereocenters. The maximum Gasteiger partial charge on any atom is 0.0599 e. The van der Waals surface area contributed by atoms with E-state index >= 15 is 0 Å². The lowest BCUT2D eigenvalue weighted by atomic mass is 10.1. The van der Waals surface area contributed by atoms with Crippen molar-refractivity contribution in [3.8, 4) is 0 Å². The molecule has 0 aliphatic heterocycles. The van der Waals surface area contributed by atoms with Crippen molar-refractivity contribution in [2.45, 2.75) is 10.3 Å². The van der Waals surface area contributed by atoms with Crippen LogP contribution in [0.25, 0.3) is 0 Å². The van der Waals surface area contributed by atoms with Crippen molar-refractivity contribution in [2.75, 3.05) is 12.8 Å². The molecule has 0 bridgehead atoms. The van der Waals surface area contributed by atoms with Crippen LogP contribution in [0.2, 0.25) is 0 Å². The van der Waals surface area contributed by atoms with Crippen LogP contribution in [0.3, 0.4) is 0 Å². The smallest absolute Gasteiger partial charge is 0.0599 e. The van der Waals surface area contributed by atoms with Crippen molar-refractivity contribution in [1.82, 2.24) is 5.32 Å². The van der Waals surface area contributed by atoms with Gasteiger partial charge in [-0.1, -0.05) is 36.4 Å². The first-order valence-electron chi connectivity index (χ1n) is 5.28. The van der Waals surface area contributed by atoms with Gasteiger partial charge in [-0.25, -0.2) is 0 Å². The zero-order chi connectivity index (χ0) is 11.2. The SMILES string of the molecule is CNC(CSc1cccs1)c1ccccc1. The third-order valence-corrected chi connectivity index (χ3v) is 4.66. The van der Waals surface area contributed by atoms with Crippen molar-refractivity contribution in [3.05, 3.63) is 53.4 Å². The minimum atomic E-state index is 0.424. The van der Waals surface area contributed by atoms with Gasteiger partial charge in [-0.3, -0.25) is 0 Å². The molecule has 0 fully saturated rings. The van der Waals surface area contributed by atoms with E-state index < -0.39 is 0 Å². The van der Waals surface area contributed by atoms with Gasteiger partial charge in [-0.15, -0.1) is 23.1 Å². The summed E-state index contributed by atoms with van der Waals surface area (Å²) in [5.41, 5.74) is 1.36. The molecule has 0 radical (unpaired) electrons. The highest BCUT2D eigenvalue weighted by molar-refractivity contribution is 8.01. The standard InChI is InChI=1S/C13H15NS2/c1-14-12(11-6-3-2-4-7-11)10-16-13-8-5-9-15-13/h2-9,12,14H,10H2,1H3. The van der Waals surface area contributed by atoms with Gasteiger partial charge in [-0.2, -0.15) is 0 Å². The molecule has 1 heterocycles. The fourth-order valence-electron chi connectivity index (χ4n) is 1.54. The first-order valence-corrected chi connectivity index (χ1v) is 7.15. The highest BCUT2D eigenvalue weighted by atomic mass is 32.2. The number of rotatable bonds is 5. The number of thioether (sulfide) groups is 1. The number of thiophene rings is 1. The molecular weight excluding hydrogens is 234 g/mol. The summed E-state index contributed by atoms with van der Waals surface area (Å²) in [6.07, 6.45) is 0. The van der Waals surface area contributed by atoms with Crippen LogP contribution in [0.5, 0.6) is 0 Å². The molecule has 1 aromatic heterocycles. The van der Waals surface area contributed by atoms with Gasteiger partial charge in [0.25, 0.3) is 0 Å². The van der Waals surface area contributed by atoms with Crippen LogP contribution in [-0.4, -0.2) is 12.8 Å². The van der Waals surface area contributed by atoms with Gasteiger partial charge in [0.2, 0.25) is 0 Å². The van der Waals surface area contributed by atoms with Crippen molar-refractivity contribution in [1.29, 1.82) is 0 Å². The van der Waals surface area contributed by atoms with Crippen LogP contribution in [0.4, 0.5) is 0 Å². The van der Waals surface area contributed by atoms with E-state index in [2.05, 4.69) is 53.2 Å². The molecule has 0 amide bonds. The molecule has 2 rings (SSSR count). The molecule has 1 aromatic carbocycles. The quantitative estimate of drug-likeness (QED) is 0.809. The first-order chi connectivity index (χ1) is 7.90. The third kappa shape index (κ3) is 3.11. The predicted molar refractivity (Wildman–Crippen MR) is 73.3 cm³/mol. The van der Waals surface area contributed by atoms with Crippen molar-refractivity contribution >= 4 is 23.1 Å². The second-order valence-corrected chi connectivity index (χ2v) is 5.76. The largest absolute Gasteiger partial charge is 0.312 e. The summed E-state index contributed by atoms with van der Waals surface area (Å²) >= 11 is 3.72. The minimum absolute atomic E-state index is 0.424. The average molecular weight is 249 g/mol. The molecule has 0 spiro atoms. The molecule has 16 heavy (non-hydrogen) atoms. The number of nitrogens with one attached hydrogen (secondary N) is 1. The van der Waals surface area contributed by atoms with Crippen molar-refractivity contribution in [2.24, 2.45) is 0 Å². The van der Waals surface area contributed by atoms with Crippen LogP contribution >= 0.6 is 23.1 Å². The maximum absolute atomic E-state index is 3.36. The Morgan fingerprint density at radius 2 is 2.00 bits per heavy atom. The normalized spacial score (nSPS) is 12.6. The lowest BCUT2D eigenvalue weighted by molar-refractivity contribution is 0.662. The molecular formula is C13H15NS2. The second kappa shape index (κ2) is 6.09. The molecule has 1 nitrogen and oxygen atoms in total. The maximum atomic E-state index is 3.36. The number of benzene rings is 1. The molecule has 0 aliphatic carbocycles. The Morgan fingerprint density at radius 3 is 2.62 bits per heavy atom. The van der Waals surface area contributed by atoms with E-state index in [1.165, 1.54) is 9.77 Å². The van der Waals surface area contributed by atoms with Gasteiger partial charge in [0.1, 0.15) is 0 Å². The lowest BCUT2D eigenvalue weighted by Gasteiger charge is -2.15. The Bertz CT molecular complexity index is 397. The van der Waals surface area contributed by atoms with E-state index in [-0.39, 0.29) is 0 Å². The minimum Gasteiger partial charge on any atom is -0.312 e. The van der Waals surface area contributed by atoms with Crippen LogP contribution in [0, 0.1) is 0 Å².